The number of hydrogen-bond acceptors (Lipinski definition) is 1. The predicted molar refractivity (Wildman–Crippen MR) is 67.3 cm³/mol. The Morgan fingerprint density at radius 1 is 0.933 bits per heavy atom. The average Bonchev–Trinajstić information content (AvgIpc) is 2.28. The van der Waals surface area contributed by atoms with Crippen molar-refractivity contribution >= 4 is 28.1 Å². The Morgan fingerprint density at radius 3 is 2.40 bits per heavy atom. The summed E-state index contributed by atoms with van der Waals surface area (Å²) in [5.74, 6) is 0. The van der Waals surface area contributed by atoms with Crippen LogP contribution in [-0.2, 0) is 0 Å². The number of rotatable bonds is 2. The van der Waals surface area contributed by atoms with E-state index in [2.05, 4.69) is 45.2 Å². The van der Waals surface area contributed by atoms with Gasteiger partial charge in [0.05, 0.1) is 0 Å². The van der Waals surface area contributed by atoms with Crippen LogP contribution in [0.1, 0.15) is 11.1 Å². The van der Waals surface area contributed by atoms with E-state index in [4.69, 9.17) is 0 Å². The van der Waals surface area contributed by atoms with Crippen LogP contribution in [0.15, 0.2) is 53.3 Å². The van der Waals surface area contributed by atoms with Crippen molar-refractivity contribution in [2.45, 2.75) is 0 Å². The SMILES string of the molecule is Brc1cccc(C=Cc2ccncc2)c1. The number of aromatic nitrogens is 1. The van der Waals surface area contributed by atoms with E-state index in [9.17, 15) is 0 Å². The lowest BCUT2D eigenvalue weighted by Gasteiger charge is -1.94. The molecule has 0 radical (unpaired) electrons. The zero-order chi connectivity index (χ0) is 10.5. The Morgan fingerprint density at radius 2 is 1.67 bits per heavy atom. The molecule has 2 heteroatoms. The fourth-order valence-electron chi connectivity index (χ4n) is 1.28. The molecule has 1 aromatic heterocycles. The lowest BCUT2D eigenvalue weighted by atomic mass is 10.1. The number of nitrogens with zero attached hydrogens (tertiary/aromatic N) is 1. The third kappa shape index (κ3) is 3.03. The number of benzene rings is 1. The zero-order valence-electron chi connectivity index (χ0n) is 8.10. The van der Waals surface area contributed by atoms with E-state index in [-0.39, 0.29) is 0 Å². The van der Waals surface area contributed by atoms with Crippen molar-refractivity contribution in [2.24, 2.45) is 0 Å². The first kappa shape index (κ1) is 10.1. The Bertz CT molecular complexity index is 463. The first-order valence-electron chi connectivity index (χ1n) is 4.68. The van der Waals surface area contributed by atoms with Crippen molar-refractivity contribution in [1.82, 2.24) is 4.98 Å². The molecule has 0 spiro atoms. The summed E-state index contributed by atoms with van der Waals surface area (Å²) >= 11 is 3.44. The van der Waals surface area contributed by atoms with Crippen LogP contribution in [0.2, 0.25) is 0 Å². The van der Waals surface area contributed by atoms with E-state index < -0.39 is 0 Å². The normalized spacial score (nSPS) is 10.7. The van der Waals surface area contributed by atoms with Gasteiger partial charge in [0.25, 0.3) is 0 Å². The van der Waals surface area contributed by atoms with Gasteiger partial charge in [-0.25, -0.2) is 0 Å². The van der Waals surface area contributed by atoms with E-state index in [0.717, 1.165) is 10.0 Å². The van der Waals surface area contributed by atoms with E-state index >= 15 is 0 Å². The monoisotopic (exact) mass is 259 g/mol. The molecular weight excluding hydrogens is 250 g/mol. The molecule has 1 aromatic carbocycles. The number of halogens is 1. The lowest BCUT2D eigenvalue weighted by Crippen LogP contribution is -1.74. The van der Waals surface area contributed by atoms with Crippen LogP contribution in [0.4, 0.5) is 0 Å². The second-order valence-electron chi connectivity index (χ2n) is 3.17. The van der Waals surface area contributed by atoms with E-state index in [1.165, 1.54) is 5.56 Å². The minimum atomic E-state index is 1.10. The molecule has 0 bridgehead atoms. The summed E-state index contributed by atoms with van der Waals surface area (Å²) in [5.41, 5.74) is 2.34. The highest BCUT2D eigenvalue weighted by molar-refractivity contribution is 9.10. The first-order valence-corrected chi connectivity index (χ1v) is 5.47. The highest BCUT2D eigenvalue weighted by Gasteiger charge is 1.88. The minimum Gasteiger partial charge on any atom is -0.265 e. The van der Waals surface area contributed by atoms with Gasteiger partial charge >= 0.3 is 0 Å². The molecule has 0 aliphatic rings. The van der Waals surface area contributed by atoms with E-state index in [0.29, 0.717) is 0 Å². The molecule has 0 fully saturated rings. The van der Waals surface area contributed by atoms with Gasteiger partial charge in [0.1, 0.15) is 0 Å². The quantitative estimate of drug-likeness (QED) is 0.794. The molecule has 0 atom stereocenters. The van der Waals surface area contributed by atoms with E-state index in [1.807, 2.05) is 24.3 Å². The summed E-state index contributed by atoms with van der Waals surface area (Å²) < 4.78 is 1.10. The summed E-state index contributed by atoms with van der Waals surface area (Å²) in [5, 5.41) is 0. The molecule has 0 saturated heterocycles. The van der Waals surface area contributed by atoms with Gasteiger partial charge in [-0.3, -0.25) is 4.98 Å². The van der Waals surface area contributed by atoms with Gasteiger partial charge in [-0.2, -0.15) is 0 Å². The Kier molecular flexibility index (Phi) is 3.30. The lowest BCUT2D eigenvalue weighted by molar-refractivity contribution is 1.32. The molecule has 0 saturated carbocycles. The Balaban J connectivity index is 2.19. The summed E-state index contributed by atoms with van der Waals surface area (Å²) in [6.45, 7) is 0. The van der Waals surface area contributed by atoms with Crippen LogP contribution in [0.3, 0.4) is 0 Å². The molecule has 0 aliphatic heterocycles. The predicted octanol–water partition coefficient (Wildman–Crippen LogP) is 4.01. The van der Waals surface area contributed by atoms with Gasteiger partial charge in [0.2, 0.25) is 0 Å². The molecule has 74 valence electrons. The molecule has 0 N–H and O–H groups in total. The maximum Gasteiger partial charge on any atom is 0.0273 e. The third-order valence-corrected chi connectivity index (χ3v) is 2.52. The van der Waals surface area contributed by atoms with E-state index in [1.54, 1.807) is 12.4 Å². The maximum absolute atomic E-state index is 3.97. The van der Waals surface area contributed by atoms with Crippen molar-refractivity contribution < 1.29 is 0 Å². The van der Waals surface area contributed by atoms with Gasteiger partial charge in [0.15, 0.2) is 0 Å². The molecule has 1 nitrogen and oxygen atoms in total. The molecule has 0 unspecified atom stereocenters. The molecule has 15 heavy (non-hydrogen) atoms. The van der Waals surface area contributed by atoms with Crippen molar-refractivity contribution in [2.75, 3.05) is 0 Å². The van der Waals surface area contributed by atoms with Crippen LogP contribution < -0.4 is 0 Å². The highest BCUT2D eigenvalue weighted by Crippen LogP contribution is 2.14. The number of hydrogen-bond donors (Lipinski definition) is 0. The highest BCUT2D eigenvalue weighted by atomic mass is 79.9. The van der Waals surface area contributed by atoms with Crippen molar-refractivity contribution in [3.05, 3.63) is 64.4 Å². The second kappa shape index (κ2) is 4.89. The topological polar surface area (TPSA) is 12.9 Å². The second-order valence-corrected chi connectivity index (χ2v) is 4.08. The summed E-state index contributed by atoms with van der Waals surface area (Å²) in [7, 11) is 0. The summed E-state index contributed by atoms with van der Waals surface area (Å²) in [4.78, 5) is 3.97. The van der Waals surface area contributed by atoms with Gasteiger partial charge in [-0.05, 0) is 35.4 Å². The summed E-state index contributed by atoms with van der Waals surface area (Å²) in [6.07, 6.45) is 7.74. The van der Waals surface area contributed by atoms with Crippen LogP contribution in [0.25, 0.3) is 12.2 Å². The fraction of sp³-hybridized carbons (Fsp3) is 0. The van der Waals surface area contributed by atoms with Gasteiger partial charge in [0, 0.05) is 16.9 Å². The van der Waals surface area contributed by atoms with Crippen LogP contribution in [0, 0.1) is 0 Å². The van der Waals surface area contributed by atoms with Crippen molar-refractivity contribution in [3.8, 4) is 0 Å². The number of pyridine rings is 1. The molecule has 0 aliphatic carbocycles. The van der Waals surface area contributed by atoms with Crippen LogP contribution in [-0.4, -0.2) is 4.98 Å². The fourth-order valence-corrected chi connectivity index (χ4v) is 1.69. The largest absolute Gasteiger partial charge is 0.265 e. The molecule has 1 heterocycles. The zero-order valence-corrected chi connectivity index (χ0v) is 9.68. The van der Waals surface area contributed by atoms with Gasteiger partial charge < -0.3 is 0 Å². The molecular formula is C13H10BrN. The third-order valence-electron chi connectivity index (χ3n) is 2.02. The average molecular weight is 260 g/mol. The summed E-state index contributed by atoms with van der Waals surface area (Å²) in [6, 6.07) is 12.2. The minimum absolute atomic E-state index is 1.10. The smallest absolute Gasteiger partial charge is 0.0273 e. The van der Waals surface area contributed by atoms with Gasteiger partial charge in [-0.15, -0.1) is 0 Å². The Hall–Kier alpha value is -1.41. The Labute approximate surface area is 97.6 Å². The maximum atomic E-state index is 3.97. The van der Waals surface area contributed by atoms with Crippen molar-refractivity contribution in [1.29, 1.82) is 0 Å². The first-order chi connectivity index (χ1) is 7.34. The molecule has 2 aromatic rings. The van der Waals surface area contributed by atoms with Crippen molar-refractivity contribution in [3.63, 3.8) is 0 Å². The van der Waals surface area contributed by atoms with Crippen LogP contribution >= 0.6 is 15.9 Å². The molecule has 0 amide bonds. The molecule has 2 rings (SSSR count). The van der Waals surface area contributed by atoms with Gasteiger partial charge in [-0.1, -0.05) is 40.2 Å². The standard InChI is InChI=1S/C13H10BrN/c14-13-3-1-2-12(10-13)5-4-11-6-8-15-9-7-11/h1-10H. The van der Waals surface area contributed by atoms with Crippen LogP contribution in [0.5, 0.6) is 0 Å².